The summed E-state index contributed by atoms with van der Waals surface area (Å²) < 4.78 is 19.0. The van der Waals surface area contributed by atoms with Gasteiger partial charge in [-0.2, -0.15) is 4.98 Å². The van der Waals surface area contributed by atoms with Gasteiger partial charge in [-0.1, -0.05) is 5.16 Å². The van der Waals surface area contributed by atoms with Crippen molar-refractivity contribution in [3.8, 4) is 23.1 Å². The summed E-state index contributed by atoms with van der Waals surface area (Å²) in [6.07, 6.45) is 2.36. The lowest BCUT2D eigenvalue weighted by Gasteiger charge is -2.14. The molecule has 0 radical (unpaired) electrons. The molecule has 7 heteroatoms. The number of methoxy groups -OCH3 is 1. The Labute approximate surface area is 145 Å². The standard InChI is InChI=1S/C18H22N4O3/c1-11-20-18(25-21-11)14-9-13-15(24-10-12-5-4-8-19-12)6-7-16(23-3)17(13)22(14)2/h6-7,9,12,19H,4-5,8,10H2,1-3H3/t12-/m0/s1. The van der Waals surface area contributed by atoms with Crippen molar-refractivity contribution in [2.45, 2.75) is 25.8 Å². The topological polar surface area (TPSA) is 74.3 Å². The van der Waals surface area contributed by atoms with Crippen molar-refractivity contribution in [2.24, 2.45) is 7.05 Å². The molecule has 3 heterocycles. The molecule has 3 aromatic rings. The van der Waals surface area contributed by atoms with Crippen molar-refractivity contribution >= 4 is 10.9 Å². The smallest absolute Gasteiger partial charge is 0.274 e. The number of benzene rings is 1. The molecule has 1 fully saturated rings. The largest absolute Gasteiger partial charge is 0.495 e. The number of ether oxygens (including phenoxy) is 2. The lowest BCUT2D eigenvalue weighted by atomic mass is 10.2. The van der Waals surface area contributed by atoms with Gasteiger partial charge < -0.3 is 23.9 Å². The lowest BCUT2D eigenvalue weighted by molar-refractivity contribution is 0.280. The van der Waals surface area contributed by atoms with Crippen molar-refractivity contribution in [3.05, 3.63) is 24.0 Å². The van der Waals surface area contributed by atoms with Crippen molar-refractivity contribution in [3.63, 3.8) is 0 Å². The second-order valence-electron chi connectivity index (χ2n) is 6.37. The molecule has 1 aliphatic heterocycles. The van der Waals surface area contributed by atoms with Gasteiger partial charge in [0.15, 0.2) is 5.82 Å². The van der Waals surface area contributed by atoms with Crippen LogP contribution in [0, 0.1) is 6.92 Å². The van der Waals surface area contributed by atoms with Crippen LogP contribution < -0.4 is 14.8 Å². The molecule has 0 saturated carbocycles. The Kier molecular flexibility index (Phi) is 4.09. The number of fused-ring (bicyclic) bond motifs is 1. The van der Waals surface area contributed by atoms with Gasteiger partial charge in [-0.25, -0.2) is 0 Å². The highest BCUT2D eigenvalue weighted by Crippen LogP contribution is 2.38. The van der Waals surface area contributed by atoms with Crippen LogP contribution in [0.5, 0.6) is 11.5 Å². The molecule has 1 saturated heterocycles. The SMILES string of the molecule is COc1ccc(OC[C@@H]2CCCN2)c2cc(-c3nc(C)no3)n(C)c12. The molecule has 0 aliphatic carbocycles. The molecule has 1 N–H and O–H groups in total. The van der Waals surface area contributed by atoms with E-state index in [1.165, 1.54) is 6.42 Å². The fourth-order valence-electron chi connectivity index (χ4n) is 3.40. The number of aryl methyl sites for hydroxylation is 2. The van der Waals surface area contributed by atoms with Gasteiger partial charge >= 0.3 is 0 Å². The van der Waals surface area contributed by atoms with Crippen LogP contribution in [0.25, 0.3) is 22.5 Å². The number of hydrogen-bond donors (Lipinski definition) is 1. The average Bonchev–Trinajstić information content (AvgIpc) is 3.34. The zero-order valence-corrected chi connectivity index (χ0v) is 14.7. The average molecular weight is 342 g/mol. The van der Waals surface area contributed by atoms with Gasteiger partial charge in [-0.15, -0.1) is 0 Å². The Bertz CT molecular complexity index is 893. The van der Waals surface area contributed by atoms with Gasteiger partial charge in [-0.05, 0) is 44.5 Å². The van der Waals surface area contributed by atoms with Crippen LogP contribution in [0.4, 0.5) is 0 Å². The Morgan fingerprint density at radius 3 is 2.88 bits per heavy atom. The molecular weight excluding hydrogens is 320 g/mol. The van der Waals surface area contributed by atoms with Gasteiger partial charge in [0.25, 0.3) is 5.89 Å². The summed E-state index contributed by atoms with van der Waals surface area (Å²) in [5.41, 5.74) is 1.79. The molecule has 0 unspecified atom stereocenters. The molecule has 7 nitrogen and oxygen atoms in total. The molecule has 0 spiro atoms. The van der Waals surface area contributed by atoms with Crippen LogP contribution in [-0.4, -0.2) is 41.0 Å². The lowest BCUT2D eigenvalue weighted by Crippen LogP contribution is -2.28. The zero-order valence-electron chi connectivity index (χ0n) is 14.7. The van der Waals surface area contributed by atoms with Crippen molar-refractivity contribution in [1.82, 2.24) is 20.0 Å². The number of aromatic nitrogens is 3. The maximum atomic E-state index is 6.11. The van der Waals surface area contributed by atoms with E-state index in [0.29, 0.717) is 24.4 Å². The van der Waals surface area contributed by atoms with E-state index in [1.54, 1.807) is 14.0 Å². The maximum Gasteiger partial charge on any atom is 0.274 e. The first-order valence-electron chi connectivity index (χ1n) is 8.50. The molecule has 0 bridgehead atoms. The number of hydrogen-bond acceptors (Lipinski definition) is 6. The summed E-state index contributed by atoms with van der Waals surface area (Å²) in [4.78, 5) is 4.34. The van der Waals surface area contributed by atoms with E-state index in [4.69, 9.17) is 14.0 Å². The summed E-state index contributed by atoms with van der Waals surface area (Å²) in [6, 6.07) is 6.32. The van der Waals surface area contributed by atoms with Crippen molar-refractivity contribution in [2.75, 3.05) is 20.3 Å². The molecular formula is C18H22N4O3. The van der Waals surface area contributed by atoms with Crippen molar-refractivity contribution in [1.29, 1.82) is 0 Å². The second-order valence-corrected chi connectivity index (χ2v) is 6.37. The fourth-order valence-corrected chi connectivity index (χ4v) is 3.40. The molecule has 1 aliphatic rings. The van der Waals surface area contributed by atoms with E-state index >= 15 is 0 Å². The Morgan fingerprint density at radius 2 is 2.20 bits per heavy atom. The van der Waals surface area contributed by atoms with E-state index in [2.05, 4.69) is 15.5 Å². The first-order chi connectivity index (χ1) is 12.2. The minimum Gasteiger partial charge on any atom is -0.495 e. The van der Waals surface area contributed by atoms with Gasteiger partial charge in [0.1, 0.15) is 23.8 Å². The van der Waals surface area contributed by atoms with Gasteiger partial charge in [0.2, 0.25) is 0 Å². The predicted octanol–water partition coefficient (Wildman–Crippen LogP) is 2.68. The summed E-state index contributed by atoms with van der Waals surface area (Å²) in [5, 5.41) is 8.32. The Balaban J connectivity index is 1.76. The third-order valence-corrected chi connectivity index (χ3v) is 4.69. The molecule has 4 rings (SSSR count). The fraction of sp³-hybridized carbons (Fsp3) is 0.444. The summed E-state index contributed by atoms with van der Waals surface area (Å²) in [7, 11) is 3.63. The van der Waals surface area contributed by atoms with Gasteiger partial charge in [0.05, 0.1) is 12.6 Å². The molecule has 2 aromatic heterocycles. The van der Waals surface area contributed by atoms with Crippen LogP contribution in [0.15, 0.2) is 22.7 Å². The van der Waals surface area contributed by atoms with Crippen LogP contribution in [0.1, 0.15) is 18.7 Å². The maximum absolute atomic E-state index is 6.11. The number of nitrogens with one attached hydrogen (secondary N) is 1. The number of nitrogens with zero attached hydrogens (tertiary/aromatic N) is 3. The highest BCUT2D eigenvalue weighted by atomic mass is 16.5. The monoisotopic (exact) mass is 342 g/mol. The highest BCUT2D eigenvalue weighted by Gasteiger charge is 2.20. The first-order valence-corrected chi connectivity index (χ1v) is 8.50. The van der Waals surface area contributed by atoms with Crippen LogP contribution in [0.2, 0.25) is 0 Å². The molecule has 1 aromatic carbocycles. The minimum absolute atomic E-state index is 0.416. The third kappa shape index (κ3) is 2.84. The zero-order chi connectivity index (χ0) is 17.4. The Morgan fingerprint density at radius 1 is 1.36 bits per heavy atom. The van der Waals surface area contributed by atoms with E-state index in [-0.39, 0.29) is 0 Å². The predicted molar refractivity (Wildman–Crippen MR) is 94.0 cm³/mol. The summed E-state index contributed by atoms with van der Waals surface area (Å²) in [5.74, 6) is 2.71. The quantitative estimate of drug-likeness (QED) is 0.768. The van der Waals surface area contributed by atoms with Crippen LogP contribution in [-0.2, 0) is 7.05 Å². The molecule has 132 valence electrons. The molecule has 1 atom stereocenters. The van der Waals surface area contributed by atoms with E-state index in [9.17, 15) is 0 Å². The normalized spacial score (nSPS) is 17.3. The van der Waals surface area contributed by atoms with E-state index in [1.807, 2.05) is 29.8 Å². The highest BCUT2D eigenvalue weighted by molar-refractivity contribution is 5.95. The second kappa shape index (κ2) is 6.40. The third-order valence-electron chi connectivity index (χ3n) is 4.69. The summed E-state index contributed by atoms with van der Waals surface area (Å²) >= 11 is 0. The van der Waals surface area contributed by atoms with Gasteiger partial charge in [0, 0.05) is 18.5 Å². The van der Waals surface area contributed by atoms with Crippen LogP contribution >= 0.6 is 0 Å². The number of rotatable bonds is 5. The van der Waals surface area contributed by atoms with Gasteiger partial charge in [-0.3, -0.25) is 0 Å². The van der Waals surface area contributed by atoms with E-state index < -0.39 is 0 Å². The minimum atomic E-state index is 0.416. The van der Waals surface area contributed by atoms with E-state index in [0.717, 1.165) is 41.1 Å². The Hall–Kier alpha value is -2.54. The van der Waals surface area contributed by atoms with Crippen LogP contribution in [0.3, 0.4) is 0 Å². The first kappa shape index (κ1) is 16.0. The van der Waals surface area contributed by atoms with Crippen molar-refractivity contribution < 1.29 is 14.0 Å². The summed E-state index contributed by atoms with van der Waals surface area (Å²) in [6.45, 7) is 3.53. The molecule has 25 heavy (non-hydrogen) atoms. The molecule has 0 amide bonds.